The molecule has 0 spiro atoms. The number of carbonyl (C=O) groups is 2. The Morgan fingerprint density at radius 2 is 1.80 bits per heavy atom. The van der Waals surface area contributed by atoms with Crippen LogP contribution in [0, 0.1) is 0 Å². The predicted molar refractivity (Wildman–Crippen MR) is 164 cm³/mol. The van der Waals surface area contributed by atoms with Gasteiger partial charge in [-0.3, -0.25) is 14.7 Å². The largest absolute Gasteiger partial charge is 0.444 e. The zero-order valence-corrected chi connectivity index (χ0v) is 25.9. The van der Waals surface area contributed by atoms with Gasteiger partial charge in [0.25, 0.3) is 5.91 Å². The molecule has 240 valence electrons. The summed E-state index contributed by atoms with van der Waals surface area (Å²) in [5, 5.41) is 5.61. The number of nitrogens with zero attached hydrogens (tertiary/aromatic N) is 2. The van der Waals surface area contributed by atoms with Gasteiger partial charge in [0, 0.05) is 19.3 Å². The van der Waals surface area contributed by atoms with Crippen molar-refractivity contribution in [1.82, 2.24) is 20.5 Å². The van der Waals surface area contributed by atoms with Crippen LogP contribution in [0.25, 0.3) is 11.1 Å². The number of pyridine rings is 1. The smallest absolute Gasteiger partial charge is 0.416 e. The Bertz CT molecular complexity index is 1520. The maximum absolute atomic E-state index is 13.6. The number of nitrogens with one attached hydrogen (secondary N) is 2. The highest BCUT2D eigenvalue weighted by Crippen LogP contribution is 2.35. The molecule has 0 saturated carbocycles. The Balaban J connectivity index is 1.27. The van der Waals surface area contributed by atoms with Gasteiger partial charge in [-0.15, -0.1) is 0 Å². The summed E-state index contributed by atoms with van der Waals surface area (Å²) < 4.78 is 51.3. The zero-order valence-electron chi connectivity index (χ0n) is 25.9. The quantitative estimate of drug-likeness (QED) is 0.299. The minimum Gasteiger partial charge on any atom is -0.444 e. The first-order valence-corrected chi connectivity index (χ1v) is 15.1. The van der Waals surface area contributed by atoms with Gasteiger partial charge < -0.3 is 20.1 Å². The molecule has 2 saturated heterocycles. The van der Waals surface area contributed by atoms with Crippen LogP contribution < -0.4 is 10.6 Å². The van der Waals surface area contributed by atoms with Crippen LogP contribution in [0.1, 0.15) is 78.8 Å². The van der Waals surface area contributed by atoms with Gasteiger partial charge in [-0.1, -0.05) is 30.3 Å². The monoisotopic (exact) mass is 624 g/mol. The molecule has 45 heavy (non-hydrogen) atoms. The Morgan fingerprint density at radius 1 is 1.07 bits per heavy atom. The number of carbonyl (C=O) groups excluding carboxylic acids is 2. The van der Waals surface area contributed by atoms with Gasteiger partial charge >= 0.3 is 12.3 Å². The first kappa shape index (κ1) is 32.4. The van der Waals surface area contributed by atoms with E-state index in [4.69, 9.17) is 9.47 Å². The van der Waals surface area contributed by atoms with Crippen molar-refractivity contribution >= 4 is 12.0 Å². The highest BCUT2D eigenvalue weighted by Gasteiger charge is 2.33. The Kier molecular flexibility index (Phi) is 9.50. The molecule has 2 aromatic carbocycles. The van der Waals surface area contributed by atoms with Crippen LogP contribution in [-0.4, -0.2) is 59.8 Å². The second-order valence-electron chi connectivity index (χ2n) is 12.7. The number of ether oxygens (including phenoxy) is 2. The van der Waals surface area contributed by atoms with E-state index in [0.29, 0.717) is 34.3 Å². The fraction of sp³-hybridized carbons (Fsp3) is 0.441. The van der Waals surface area contributed by atoms with Crippen molar-refractivity contribution in [2.24, 2.45) is 0 Å². The minimum atomic E-state index is -4.53. The zero-order chi connectivity index (χ0) is 32.4. The van der Waals surface area contributed by atoms with E-state index < -0.39 is 23.4 Å². The highest BCUT2D eigenvalue weighted by molar-refractivity contribution is 5.92. The lowest BCUT2D eigenvalue weighted by atomic mass is 9.95. The van der Waals surface area contributed by atoms with Crippen LogP contribution >= 0.6 is 0 Å². The lowest BCUT2D eigenvalue weighted by molar-refractivity contribution is -0.137. The molecule has 11 heteroatoms. The predicted octanol–water partition coefficient (Wildman–Crippen LogP) is 6.47. The van der Waals surface area contributed by atoms with Gasteiger partial charge in [0.05, 0.1) is 30.9 Å². The van der Waals surface area contributed by atoms with Gasteiger partial charge in [-0.05, 0) is 98.7 Å². The molecule has 5 rings (SSSR count). The van der Waals surface area contributed by atoms with E-state index in [1.54, 1.807) is 51.2 Å². The molecule has 2 N–H and O–H groups in total. The van der Waals surface area contributed by atoms with Crippen molar-refractivity contribution in [2.75, 3.05) is 26.3 Å². The number of hydrogen-bond donors (Lipinski definition) is 2. The first-order valence-electron chi connectivity index (χ1n) is 15.1. The Morgan fingerprint density at radius 3 is 2.44 bits per heavy atom. The van der Waals surface area contributed by atoms with Crippen molar-refractivity contribution in [3.8, 4) is 11.1 Å². The van der Waals surface area contributed by atoms with Crippen LogP contribution in [-0.2, 0) is 22.2 Å². The summed E-state index contributed by atoms with van der Waals surface area (Å²) in [6.07, 6.45) is -2.50. The summed E-state index contributed by atoms with van der Waals surface area (Å²) in [5.41, 5.74) is 2.08. The molecular weight excluding hydrogens is 585 g/mol. The van der Waals surface area contributed by atoms with Crippen molar-refractivity contribution < 1.29 is 32.2 Å². The standard InChI is InChI=1S/C34H39F3N4O4/c1-21(40-31(42)30-15-24(11-13-38-30)26-12-14-41(18-26)28-19-44-20-28)22-5-7-23(8-6-22)29-16-27(34(35,36)37)10-9-25(29)17-39-32(43)45-33(2,3)4/h5-11,13,15-16,21,26,28H,12,14,17-20H2,1-4H3,(H,39,43)(H,40,42)/t21-,26?/m1/s1. The Labute approximate surface area is 261 Å². The number of alkyl halides is 3. The van der Waals surface area contributed by atoms with Gasteiger partial charge in [0.1, 0.15) is 11.3 Å². The number of benzene rings is 2. The van der Waals surface area contributed by atoms with Gasteiger partial charge in [0.2, 0.25) is 0 Å². The topological polar surface area (TPSA) is 92.8 Å². The molecule has 2 fully saturated rings. The molecule has 1 unspecified atom stereocenters. The number of alkyl carbamates (subject to hydrolysis) is 1. The van der Waals surface area contributed by atoms with E-state index in [1.807, 2.05) is 19.1 Å². The summed E-state index contributed by atoms with van der Waals surface area (Å²) >= 11 is 0. The van der Waals surface area contributed by atoms with Crippen LogP contribution in [0.3, 0.4) is 0 Å². The van der Waals surface area contributed by atoms with Gasteiger partial charge in [-0.2, -0.15) is 13.2 Å². The second-order valence-corrected chi connectivity index (χ2v) is 12.7. The number of hydrogen-bond acceptors (Lipinski definition) is 6. The van der Waals surface area contributed by atoms with E-state index in [2.05, 4.69) is 20.5 Å². The molecule has 3 heterocycles. The van der Waals surface area contributed by atoms with Crippen LogP contribution in [0.4, 0.5) is 18.0 Å². The Hall–Kier alpha value is -3.96. The van der Waals surface area contributed by atoms with E-state index in [9.17, 15) is 22.8 Å². The van der Waals surface area contributed by atoms with Crippen molar-refractivity contribution in [3.63, 3.8) is 0 Å². The van der Waals surface area contributed by atoms with E-state index in [-0.39, 0.29) is 18.5 Å². The molecular formula is C34H39F3N4O4. The third-order valence-electron chi connectivity index (χ3n) is 8.17. The number of rotatable bonds is 8. The molecule has 0 radical (unpaired) electrons. The first-order chi connectivity index (χ1) is 21.3. The highest BCUT2D eigenvalue weighted by atomic mass is 19.4. The second kappa shape index (κ2) is 13.2. The maximum Gasteiger partial charge on any atom is 0.416 e. The third kappa shape index (κ3) is 8.20. The molecule has 2 amide bonds. The summed E-state index contributed by atoms with van der Waals surface area (Å²) in [6, 6.07) is 14.3. The SMILES string of the molecule is C[C@@H](NC(=O)c1cc(C2CCN(C3COC3)C2)ccn1)c1ccc(-c2cc(C(F)(F)F)ccc2CNC(=O)OC(C)(C)C)cc1. The van der Waals surface area contributed by atoms with Gasteiger partial charge in [-0.25, -0.2) is 4.79 Å². The van der Waals surface area contributed by atoms with Crippen molar-refractivity contribution in [1.29, 1.82) is 0 Å². The van der Waals surface area contributed by atoms with Gasteiger partial charge in [0.15, 0.2) is 0 Å². The molecule has 1 aromatic heterocycles. The summed E-state index contributed by atoms with van der Waals surface area (Å²) in [4.78, 5) is 32.1. The van der Waals surface area contributed by atoms with Crippen LogP contribution in [0.5, 0.6) is 0 Å². The molecule has 0 aliphatic carbocycles. The van der Waals surface area contributed by atoms with Crippen molar-refractivity contribution in [2.45, 2.75) is 70.4 Å². The third-order valence-corrected chi connectivity index (χ3v) is 8.17. The number of halogens is 3. The maximum atomic E-state index is 13.6. The van der Waals surface area contributed by atoms with Crippen LogP contribution in [0.2, 0.25) is 0 Å². The lowest BCUT2D eigenvalue weighted by Crippen LogP contribution is -2.47. The summed E-state index contributed by atoms with van der Waals surface area (Å²) in [6.45, 7) is 10.5. The molecule has 8 nitrogen and oxygen atoms in total. The van der Waals surface area contributed by atoms with E-state index in [1.165, 1.54) is 6.07 Å². The van der Waals surface area contributed by atoms with E-state index >= 15 is 0 Å². The lowest BCUT2D eigenvalue weighted by Gasteiger charge is -2.34. The minimum absolute atomic E-state index is 0.0173. The molecule has 0 bridgehead atoms. The molecule has 3 aromatic rings. The molecule has 2 aliphatic heterocycles. The van der Waals surface area contributed by atoms with E-state index in [0.717, 1.165) is 56.0 Å². The summed E-state index contributed by atoms with van der Waals surface area (Å²) in [7, 11) is 0. The van der Waals surface area contributed by atoms with Crippen LogP contribution in [0.15, 0.2) is 60.8 Å². The average molecular weight is 625 g/mol. The number of likely N-dealkylation sites (tertiary alicyclic amines) is 1. The molecule has 2 atom stereocenters. The number of amides is 2. The average Bonchev–Trinajstić information content (AvgIpc) is 3.43. The fourth-order valence-corrected chi connectivity index (χ4v) is 5.61. The normalized spacial score (nSPS) is 18.2. The fourth-order valence-electron chi connectivity index (χ4n) is 5.61. The number of aromatic nitrogens is 1. The van der Waals surface area contributed by atoms with Crippen molar-refractivity contribution in [3.05, 3.63) is 88.7 Å². The summed E-state index contributed by atoms with van der Waals surface area (Å²) in [5.74, 6) is 0.0363. The molecule has 2 aliphatic rings.